The summed E-state index contributed by atoms with van der Waals surface area (Å²) in [5, 5.41) is 2.88. The number of rotatable bonds is 13. The van der Waals surface area contributed by atoms with Crippen molar-refractivity contribution in [2.24, 2.45) is 5.92 Å². The quantitative estimate of drug-likeness (QED) is 0.313. The van der Waals surface area contributed by atoms with E-state index in [9.17, 15) is 9.18 Å². The Balaban J connectivity index is 1.46. The number of imidazole rings is 1. The maximum Gasteiger partial charge on any atom is 0.316 e. The normalized spacial score (nSPS) is 17.4. The number of H-pyrrole nitrogens is 1. The van der Waals surface area contributed by atoms with Crippen molar-refractivity contribution in [2.75, 3.05) is 60.7 Å². The fourth-order valence-electron chi connectivity index (χ4n) is 3.93. The first kappa shape index (κ1) is 28.6. The van der Waals surface area contributed by atoms with Crippen LogP contribution in [0.4, 0.5) is 4.39 Å². The number of nitrogens with one attached hydrogen (secondary N) is 2. The second-order valence-electron chi connectivity index (χ2n) is 9.42. The first-order valence-corrected chi connectivity index (χ1v) is 12.9. The summed E-state index contributed by atoms with van der Waals surface area (Å²) in [5.74, 6) is -0.213. The van der Waals surface area contributed by atoms with E-state index in [1.807, 2.05) is 19.0 Å². The Hall–Kier alpha value is -3.45. The van der Waals surface area contributed by atoms with Crippen molar-refractivity contribution in [1.82, 2.24) is 30.2 Å². The van der Waals surface area contributed by atoms with E-state index in [2.05, 4.69) is 20.3 Å². The van der Waals surface area contributed by atoms with Gasteiger partial charge in [0.15, 0.2) is 6.29 Å². The molecule has 4 rings (SSSR count). The van der Waals surface area contributed by atoms with E-state index in [1.54, 1.807) is 31.5 Å². The summed E-state index contributed by atoms with van der Waals surface area (Å²) < 4.78 is 36.0. The van der Waals surface area contributed by atoms with Crippen LogP contribution in [0.2, 0.25) is 0 Å². The van der Waals surface area contributed by atoms with Gasteiger partial charge in [-0.15, -0.1) is 0 Å². The highest BCUT2D eigenvalue weighted by Gasteiger charge is 2.29. The van der Waals surface area contributed by atoms with E-state index in [1.165, 1.54) is 12.1 Å². The van der Waals surface area contributed by atoms with Crippen LogP contribution in [0, 0.1) is 11.7 Å². The average Bonchev–Trinajstić information content (AvgIpc) is 3.35. The van der Waals surface area contributed by atoms with E-state index < -0.39 is 6.29 Å². The van der Waals surface area contributed by atoms with Crippen LogP contribution in [0.1, 0.15) is 12.2 Å². The number of carbonyl (C=O) groups excluding carboxylic acids is 1. The Bertz CT molecular complexity index is 1200. The number of halogens is 1. The molecule has 1 aliphatic rings. The maximum absolute atomic E-state index is 13.6. The molecule has 0 atom stereocenters. The molecule has 1 amide bonds. The molecule has 3 aromatic rings. The molecule has 210 valence electrons. The number of hydrogen-bond acceptors (Lipinski definition) is 9. The van der Waals surface area contributed by atoms with Crippen molar-refractivity contribution in [3.63, 3.8) is 0 Å². The Morgan fingerprint density at radius 1 is 1.15 bits per heavy atom. The Kier molecular flexibility index (Phi) is 10.3. The van der Waals surface area contributed by atoms with Crippen molar-refractivity contribution >= 4 is 5.91 Å². The number of benzene rings is 1. The highest BCUT2D eigenvalue weighted by molar-refractivity contribution is 5.79. The van der Waals surface area contributed by atoms with Gasteiger partial charge in [-0.1, -0.05) is 0 Å². The van der Waals surface area contributed by atoms with Crippen molar-refractivity contribution in [2.45, 2.75) is 19.1 Å². The van der Waals surface area contributed by atoms with Gasteiger partial charge in [-0.25, -0.2) is 14.4 Å². The van der Waals surface area contributed by atoms with Gasteiger partial charge in [0.1, 0.15) is 18.2 Å². The van der Waals surface area contributed by atoms with Crippen molar-refractivity contribution in [3.8, 4) is 28.7 Å². The Morgan fingerprint density at radius 2 is 1.92 bits per heavy atom. The minimum absolute atomic E-state index is 0.101. The van der Waals surface area contributed by atoms with Gasteiger partial charge >= 0.3 is 6.01 Å². The first-order valence-electron chi connectivity index (χ1n) is 12.9. The van der Waals surface area contributed by atoms with Crippen LogP contribution in [0.25, 0.3) is 22.6 Å². The van der Waals surface area contributed by atoms with Crippen LogP contribution >= 0.6 is 0 Å². The zero-order chi connectivity index (χ0) is 27.6. The van der Waals surface area contributed by atoms with Crippen molar-refractivity contribution < 1.29 is 28.1 Å². The Labute approximate surface area is 227 Å². The third-order valence-corrected chi connectivity index (χ3v) is 6.05. The molecule has 2 aromatic heterocycles. The lowest BCUT2D eigenvalue weighted by Crippen LogP contribution is -2.42. The second kappa shape index (κ2) is 14.1. The van der Waals surface area contributed by atoms with Gasteiger partial charge in [-0.3, -0.25) is 4.79 Å². The van der Waals surface area contributed by atoms with Gasteiger partial charge in [-0.2, -0.15) is 4.98 Å². The van der Waals surface area contributed by atoms with Crippen LogP contribution in [-0.2, 0) is 25.4 Å². The average molecular weight is 543 g/mol. The summed E-state index contributed by atoms with van der Waals surface area (Å²) in [5.41, 5.74) is 2.55. The summed E-state index contributed by atoms with van der Waals surface area (Å²) in [4.78, 5) is 31.2. The van der Waals surface area contributed by atoms with E-state index in [0.717, 1.165) is 18.5 Å². The van der Waals surface area contributed by atoms with Crippen LogP contribution in [0.5, 0.6) is 6.01 Å². The summed E-state index contributed by atoms with van der Waals surface area (Å²) >= 11 is 0. The number of likely N-dealkylation sites (N-methyl/N-ethyl adjacent to an activating group) is 1. The lowest BCUT2D eigenvalue weighted by atomic mass is 10.1. The molecule has 0 aliphatic carbocycles. The number of nitrogens with zero attached hydrogens (tertiary/aromatic N) is 4. The lowest BCUT2D eigenvalue weighted by Gasteiger charge is -2.28. The topological polar surface area (TPSA) is 124 Å². The SMILES string of the molecule is COCCCNC(=O)C1COC(Cc2nc(-c3ccc(F)cc3)c(-c3ccnc(OCCN(C)C)n3)[nH]2)OC1. The van der Waals surface area contributed by atoms with Gasteiger partial charge in [0.25, 0.3) is 0 Å². The second-order valence-corrected chi connectivity index (χ2v) is 9.42. The molecule has 1 fully saturated rings. The molecule has 0 unspecified atom stereocenters. The van der Waals surface area contributed by atoms with E-state index in [4.69, 9.17) is 23.9 Å². The number of ether oxygens (including phenoxy) is 4. The molecule has 3 heterocycles. The summed E-state index contributed by atoms with van der Waals surface area (Å²) in [6.45, 7) is 2.79. The van der Waals surface area contributed by atoms with Gasteiger partial charge in [-0.05, 0) is 50.8 Å². The molecule has 12 heteroatoms. The number of carbonyl (C=O) groups is 1. The molecular formula is C27H35FN6O5. The number of methoxy groups -OCH3 is 1. The van der Waals surface area contributed by atoms with Gasteiger partial charge in [0.2, 0.25) is 5.91 Å². The molecule has 11 nitrogen and oxygen atoms in total. The molecule has 0 bridgehead atoms. The molecule has 1 aliphatic heterocycles. The first-order chi connectivity index (χ1) is 18.9. The molecule has 1 aromatic carbocycles. The third-order valence-electron chi connectivity index (χ3n) is 6.05. The largest absolute Gasteiger partial charge is 0.462 e. The molecule has 39 heavy (non-hydrogen) atoms. The van der Waals surface area contributed by atoms with Crippen molar-refractivity contribution in [3.05, 3.63) is 48.2 Å². The van der Waals surface area contributed by atoms with Crippen molar-refractivity contribution in [1.29, 1.82) is 0 Å². The number of hydrogen-bond donors (Lipinski definition) is 2. The number of amides is 1. The summed E-state index contributed by atoms with van der Waals surface area (Å²) in [6, 6.07) is 8.11. The third kappa shape index (κ3) is 8.27. The molecule has 1 saturated heterocycles. The van der Waals surface area contributed by atoms with Crippen LogP contribution in [-0.4, -0.2) is 97.8 Å². The predicted molar refractivity (Wildman–Crippen MR) is 141 cm³/mol. The zero-order valence-electron chi connectivity index (χ0n) is 22.5. The van der Waals surface area contributed by atoms with Crippen LogP contribution in [0.15, 0.2) is 36.5 Å². The van der Waals surface area contributed by atoms with E-state index in [0.29, 0.717) is 49.1 Å². The maximum atomic E-state index is 13.6. The number of aromatic nitrogens is 4. The standard InChI is InChI=1S/C27H35FN6O5/c1-34(2)12-14-37-27-30-11-9-21(31-27)25-24(18-5-7-20(28)8-6-18)32-22(33-25)15-23-38-16-19(17-39-23)26(35)29-10-4-13-36-3/h5-9,11,19,23H,4,10,12-17H2,1-3H3,(H,29,35)(H,32,33). The highest BCUT2D eigenvalue weighted by atomic mass is 19.1. The molecular weight excluding hydrogens is 507 g/mol. The monoisotopic (exact) mass is 542 g/mol. The Morgan fingerprint density at radius 3 is 2.64 bits per heavy atom. The van der Waals surface area contributed by atoms with Gasteiger partial charge < -0.3 is 34.1 Å². The van der Waals surface area contributed by atoms with Gasteiger partial charge in [0, 0.05) is 38.6 Å². The fourth-order valence-corrected chi connectivity index (χ4v) is 3.93. The minimum Gasteiger partial charge on any atom is -0.462 e. The smallest absolute Gasteiger partial charge is 0.316 e. The van der Waals surface area contributed by atoms with E-state index in [-0.39, 0.29) is 36.9 Å². The number of aromatic amines is 1. The summed E-state index contributed by atoms with van der Waals surface area (Å²) in [7, 11) is 5.55. The molecule has 0 spiro atoms. The fraction of sp³-hybridized carbons (Fsp3) is 0.481. The molecule has 2 N–H and O–H groups in total. The zero-order valence-corrected chi connectivity index (χ0v) is 22.5. The van der Waals surface area contributed by atoms with Gasteiger partial charge in [0.05, 0.1) is 42.6 Å². The molecule has 0 radical (unpaired) electrons. The van der Waals surface area contributed by atoms with E-state index >= 15 is 0 Å². The minimum atomic E-state index is -0.571. The molecule has 0 saturated carbocycles. The lowest BCUT2D eigenvalue weighted by molar-refractivity contribution is -0.200. The van der Waals surface area contributed by atoms with Crippen LogP contribution in [0.3, 0.4) is 0 Å². The summed E-state index contributed by atoms with van der Waals surface area (Å²) in [6.07, 6.45) is 2.12. The predicted octanol–water partition coefficient (Wildman–Crippen LogP) is 2.30. The van der Waals surface area contributed by atoms with Crippen LogP contribution < -0.4 is 10.1 Å². The highest BCUT2D eigenvalue weighted by Crippen LogP contribution is 2.30.